The molecule has 0 unspecified atom stereocenters. The zero-order chi connectivity index (χ0) is 26.5. The zero-order valence-electron chi connectivity index (χ0n) is 20.5. The predicted octanol–water partition coefficient (Wildman–Crippen LogP) is 5.41. The fourth-order valence-corrected chi connectivity index (χ4v) is 3.08. The van der Waals surface area contributed by atoms with Crippen molar-refractivity contribution in [2.75, 3.05) is 20.3 Å². The first-order valence-corrected chi connectivity index (χ1v) is 11.7. The van der Waals surface area contributed by atoms with Crippen LogP contribution in [0.4, 0.5) is 0 Å². The molecular weight excluding hydrogens is 476 g/mol. The van der Waals surface area contributed by atoms with Gasteiger partial charge in [-0.3, -0.25) is 4.79 Å². The highest BCUT2D eigenvalue weighted by Gasteiger charge is 2.11. The summed E-state index contributed by atoms with van der Waals surface area (Å²) in [5.41, 5.74) is 0.741. The molecule has 0 aromatic heterocycles. The molecule has 0 spiro atoms. The second kappa shape index (κ2) is 14.1. The number of rotatable bonds is 13. The fourth-order valence-electron chi connectivity index (χ4n) is 3.08. The summed E-state index contributed by atoms with van der Waals surface area (Å²) in [6.45, 7) is 4.28. The van der Waals surface area contributed by atoms with Crippen molar-refractivity contribution >= 4 is 17.9 Å². The van der Waals surface area contributed by atoms with Crippen molar-refractivity contribution in [1.29, 1.82) is 0 Å². The minimum Gasteiger partial charge on any atom is -0.497 e. The molecule has 8 heteroatoms. The molecule has 37 heavy (non-hydrogen) atoms. The molecule has 3 aromatic carbocycles. The average Bonchev–Trinajstić information content (AvgIpc) is 2.92. The number of methoxy groups -OCH3 is 1. The van der Waals surface area contributed by atoms with Crippen LogP contribution in [0, 0.1) is 0 Å². The number of carbonyl (C=O) groups excluding carboxylic acids is 3. The van der Waals surface area contributed by atoms with Gasteiger partial charge in [0.05, 0.1) is 37.9 Å². The van der Waals surface area contributed by atoms with Gasteiger partial charge in [0.25, 0.3) is 0 Å². The smallest absolute Gasteiger partial charge is 0.343 e. The van der Waals surface area contributed by atoms with E-state index in [1.54, 1.807) is 79.9 Å². The molecule has 0 aliphatic carbocycles. The summed E-state index contributed by atoms with van der Waals surface area (Å²) < 4.78 is 26.5. The van der Waals surface area contributed by atoms with Crippen molar-refractivity contribution in [3.8, 4) is 23.0 Å². The fraction of sp³-hybridized carbons (Fsp3) is 0.207. The van der Waals surface area contributed by atoms with Gasteiger partial charge in [0, 0.05) is 0 Å². The van der Waals surface area contributed by atoms with E-state index in [1.165, 1.54) is 6.08 Å². The van der Waals surface area contributed by atoms with Crippen LogP contribution in [0.15, 0.2) is 85.5 Å². The monoisotopic (exact) mass is 504 g/mol. The maximum Gasteiger partial charge on any atom is 0.343 e. The Morgan fingerprint density at radius 1 is 0.676 bits per heavy atom. The number of esters is 3. The Bertz CT molecular complexity index is 1180. The Balaban J connectivity index is 1.41. The van der Waals surface area contributed by atoms with Gasteiger partial charge in [-0.15, -0.1) is 6.58 Å². The van der Waals surface area contributed by atoms with Gasteiger partial charge in [-0.1, -0.05) is 6.08 Å². The van der Waals surface area contributed by atoms with Crippen molar-refractivity contribution in [2.24, 2.45) is 0 Å². The van der Waals surface area contributed by atoms with Gasteiger partial charge in [-0.2, -0.15) is 0 Å². The second-order valence-electron chi connectivity index (χ2n) is 7.77. The van der Waals surface area contributed by atoms with Crippen LogP contribution < -0.4 is 18.9 Å². The van der Waals surface area contributed by atoms with Crippen molar-refractivity contribution in [3.05, 3.63) is 96.6 Å². The molecule has 0 N–H and O–H groups in total. The lowest BCUT2D eigenvalue weighted by Crippen LogP contribution is -2.09. The first-order valence-electron chi connectivity index (χ1n) is 11.7. The van der Waals surface area contributed by atoms with Crippen LogP contribution in [0.2, 0.25) is 0 Å². The number of carbonyl (C=O) groups is 3. The molecule has 0 aliphatic heterocycles. The number of ether oxygens (including phenoxy) is 5. The van der Waals surface area contributed by atoms with Crippen LogP contribution in [0.25, 0.3) is 0 Å². The van der Waals surface area contributed by atoms with E-state index in [-0.39, 0.29) is 12.4 Å². The number of hydrogen-bond acceptors (Lipinski definition) is 8. The maximum atomic E-state index is 12.5. The van der Waals surface area contributed by atoms with Crippen LogP contribution >= 0.6 is 0 Å². The first kappa shape index (κ1) is 27.0. The topological polar surface area (TPSA) is 97.4 Å². The lowest BCUT2D eigenvalue weighted by molar-refractivity contribution is -0.142. The van der Waals surface area contributed by atoms with Crippen molar-refractivity contribution in [3.63, 3.8) is 0 Å². The van der Waals surface area contributed by atoms with E-state index >= 15 is 0 Å². The summed E-state index contributed by atoms with van der Waals surface area (Å²) in [4.78, 5) is 36.0. The van der Waals surface area contributed by atoms with Gasteiger partial charge in [0.15, 0.2) is 0 Å². The lowest BCUT2D eigenvalue weighted by Gasteiger charge is -2.09. The molecule has 8 nitrogen and oxygen atoms in total. The quantitative estimate of drug-likeness (QED) is 0.132. The van der Waals surface area contributed by atoms with Crippen LogP contribution in [-0.4, -0.2) is 38.2 Å². The normalized spacial score (nSPS) is 10.2. The zero-order valence-corrected chi connectivity index (χ0v) is 20.5. The Labute approximate surface area is 215 Å². The van der Waals surface area contributed by atoms with Crippen LogP contribution in [-0.2, 0) is 9.53 Å². The first-order chi connectivity index (χ1) is 18.0. The molecule has 0 aliphatic rings. The number of benzene rings is 3. The molecule has 0 fully saturated rings. The SMILES string of the molecule is C=CCC(=O)OCCCCOc1ccc(C(=O)Oc2ccc(OC(=O)c3ccc(OC)cc3)cc2)cc1. The van der Waals surface area contributed by atoms with E-state index in [2.05, 4.69) is 6.58 Å². The molecule has 0 radical (unpaired) electrons. The molecule has 3 rings (SSSR count). The van der Waals surface area contributed by atoms with E-state index in [0.717, 1.165) is 6.42 Å². The Kier molecular flexibility index (Phi) is 10.3. The van der Waals surface area contributed by atoms with E-state index < -0.39 is 11.9 Å². The van der Waals surface area contributed by atoms with Crippen LogP contribution in [0.5, 0.6) is 23.0 Å². The Morgan fingerprint density at radius 2 is 1.14 bits per heavy atom. The molecule has 0 bridgehead atoms. The van der Waals surface area contributed by atoms with Gasteiger partial charge in [-0.25, -0.2) is 9.59 Å². The van der Waals surface area contributed by atoms with Gasteiger partial charge < -0.3 is 23.7 Å². The summed E-state index contributed by atoms with van der Waals surface area (Å²) in [6, 6.07) is 19.3. The predicted molar refractivity (Wildman–Crippen MR) is 136 cm³/mol. The molecule has 0 saturated heterocycles. The molecule has 3 aromatic rings. The third-order valence-corrected chi connectivity index (χ3v) is 5.04. The van der Waals surface area contributed by atoms with Crippen LogP contribution in [0.3, 0.4) is 0 Å². The highest BCUT2D eigenvalue weighted by atomic mass is 16.5. The van der Waals surface area contributed by atoms with Gasteiger partial charge in [-0.05, 0) is 85.6 Å². The highest BCUT2D eigenvalue weighted by Crippen LogP contribution is 2.21. The molecule has 0 atom stereocenters. The third-order valence-electron chi connectivity index (χ3n) is 5.04. The Hall–Kier alpha value is -4.59. The summed E-state index contributed by atoms with van der Waals surface area (Å²) in [5, 5.41) is 0. The summed E-state index contributed by atoms with van der Waals surface area (Å²) >= 11 is 0. The van der Waals surface area contributed by atoms with Gasteiger partial charge in [0.1, 0.15) is 23.0 Å². The average molecular weight is 505 g/mol. The van der Waals surface area contributed by atoms with Crippen molar-refractivity contribution < 1.29 is 38.1 Å². The third kappa shape index (κ3) is 8.85. The second-order valence-corrected chi connectivity index (χ2v) is 7.77. The lowest BCUT2D eigenvalue weighted by atomic mass is 10.2. The van der Waals surface area contributed by atoms with Crippen molar-refractivity contribution in [1.82, 2.24) is 0 Å². The largest absolute Gasteiger partial charge is 0.497 e. The van der Waals surface area contributed by atoms with Gasteiger partial charge in [0.2, 0.25) is 0 Å². The van der Waals surface area contributed by atoms with E-state index in [4.69, 9.17) is 23.7 Å². The van der Waals surface area contributed by atoms with Crippen molar-refractivity contribution in [2.45, 2.75) is 19.3 Å². The van der Waals surface area contributed by atoms with Gasteiger partial charge >= 0.3 is 17.9 Å². The van der Waals surface area contributed by atoms with E-state index in [0.29, 0.717) is 53.8 Å². The summed E-state index contributed by atoms with van der Waals surface area (Å²) in [6.07, 6.45) is 3.12. The molecule has 0 heterocycles. The molecule has 0 saturated carbocycles. The maximum absolute atomic E-state index is 12.5. The number of unbranched alkanes of at least 4 members (excludes halogenated alkanes) is 1. The molecule has 192 valence electrons. The number of hydrogen-bond donors (Lipinski definition) is 0. The summed E-state index contributed by atoms with van der Waals surface area (Å²) in [7, 11) is 1.55. The molecular formula is C29H28O8. The minimum atomic E-state index is -0.532. The van der Waals surface area contributed by atoms with E-state index in [9.17, 15) is 14.4 Å². The minimum absolute atomic E-state index is 0.206. The standard InChI is InChI=1S/C29H28O8/c1-3-6-27(30)35-20-5-4-19-34-24-13-9-22(10-14-24)29(32)37-26-17-15-25(16-18-26)36-28(31)21-7-11-23(33-2)12-8-21/h3,7-18H,1,4-6,19-20H2,2H3. The highest BCUT2D eigenvalue weighted by molar-refractivity contribution is 5.92. The van der Waals surface area contributed by atoms with E-state index in [1.807, 2.05) is 0 Å². The summed E-state index contributed by atoms with van der Waals surface area (Å²) in [5.74, 6) is 0.546. The molecule has 0 amide bonds. The Morgan fingerprint density at radius 3 is 1.62 bits per heavy atom. The van der Waals surface area contributed by atoms with Crippen LogP contribution in [0.1, 0.15) is 40.0 Å².